The van der Waals surface area contributed by atoms with Gasteiger partial charge in [-0.1, -0.05) is 0 Å². The Hall–Kier alpha value is -1.40. The van der Waals surface area contributed by atoms with E-state index in [0.29, 0.717) is 0 Å². The fourth-order valence-corrected chi connectivity index (χ4v) is 2.94. The molecule has 2 aliphatic rings. The van der Waals surface area contributed by atoms with E-state index in [2.05, 4.69) is 5.32 Å². The maximum absolute atomic E-state index is 13.1. The van der Waals surface area contributed by atoms with E-state index < -0.39 is 47.4 Å². The molecule has 2 aliphatic carbocycles. The van der Waals surface area contributed by atoms with Gasteiger partial charge in [-0.3, -0.25) is 0 Å². The summed E-state index contributed by atoms with van der Waals surface area (Å²) in [5.74, 6) is -5.78. The first kappa shape index (κ1) is 15.0. The van der Waals surface area contributed by atoms with Crippen molar-refractivity contribution in [3.63, 3.8) is 0 Å². The predicted molar refractivity (Wildman–Crippen MR) is 65.4 cm³/mol. The number of carboxylic acid groups (broad SMARTS) is 1. The van der Waals surface area contributed by atoms with E-state index in [0.717, 1.165) is 0 Å². The highest BCUT2D eigenvalue weighted by Gasteiger charge is 2.72. The Balaban J connectivity index is 1.93. The van der Waals surface area contributed by atoms with Crippen LogP contribution in [0.3, 0.4) is 0 Å². The predicted octanol–water partition coefficient (Wildman–Crippen LogP) is 2.26. The minimum absolute atomic E-state index is 0.129. The van der Waals surface area contributed by atoms with Crippen LogP contribution >= 0.6 is 0 Å². The Kier molecular flexibility index (Phi) is 3.42. The number of amides is 1. The number of hydrogen-bond donors (Lipinski definition) is 2. The van der Waals surface area contributed by atoms with Crippen molar-refractivity contribution in [1.29, 1.82) is 0 Å². The van der Waals surface area contributed by atoms with Gasteiger partial charge < -0.3 is 15.2 Å². The van der Waals surface area contributed by atoms with Gasteiger partial charge in [-0.15, -0.1) is 0 Å². The number of aliphatic carboxylic acids is 1. The van der Waals surface area contributed by atoms with Gasteiger partial charge in [0.05, 0.1) is 0 Å². The van der Waals surface area contributed by atoms with Crippen LogP contribution in [0, 0.1) is 17.8 Å². The number of fused-ring (bicyclic) bond motifs is 1. The van der Waals surface area contributed by atoms with Crippen molar-refractivity contribution in [3.8, 4) is 0 Å². The number of alkyl halides is 2. The van der Waals surface area contributed by atoms with Crippen LogP contribution in [0.2, 0.25) is 0 Å². The zero-order chi connectivity index (χ0) is 15.3. The van der Waals surface area contributed by atoms with Crippen LogP contribution in [-0.4, -0.2) is 34.7 Å². The van der Waals surface area contributed by atoms with Crippen LogP contribution < -0.4 is 5.32 Å². The van der Waals surface area contributed by atoms with E-state index >= 15 is 0 Å². The SMILES string of the molecule is CC(C)(C)OC(=O)N[C@@H](C(=O)O)C1C[C@@H]2[C@H](C1)C2(F)F. The molecule has 0 aromatic heterocycles. The van der Waals surface area contributed by atoms with Gasteiger partial charge >= 0.3 is 12.1 Å². The second-order valence-corrected chi connectivity index (χ2v) is 6.58. The molecule has 5 nitrogen and oxygen atoms in total. The second kappa shape index (κ2) is 4.56. The summed E-state index contributed by atoms with van der Waals surface area (Å²) in [6.45, 7) is 4.98. The molecule has 20 heavy (non-hydrogen) atoms. The lowest BCUT2D eigenvalue weighted by Gasteiger charge is -2.25. The standard InChI is InChI=1S/C13H19F2NO4/c1-12(2,3)20-11(19)16-9(10(17)18)6-4-7-8(5-6)13(7,14)15/h6-9H,4-5H2,1-3H3,(H,16,19)(H,17,18)/t6?,7-,8+,9-/m1/s1. The van der Waals surface area contributed by atoms with Crippen molar-refractivity contribution < 1.29 is 28.2 Å². The first-order valence-corrected chi connectivity index (χ1v) is 6.62. The van der Waals surface area contributed by atoms with E-state index in [1.807, 2.05) is 0 Å². The first-order valence-electron chi connectivity index (χ1n) is 6.62. The summed E-state index contributed by atoms with van der Waals surface area (Å²) < 4.78 is 31.2. The summed E-state index contributed by atoms with van der Waals surface area (Å²) >= 11 is 0. The maximum Gasteiger partial charge on any atom is 0.408 e. The van der Waals surface area contributed by atoms with Crippen LogP contribution in [-0.2, 0) is 9.53 Å². The molecule has 2 fully saturated rings. The number of carboxylic acids is 1. The first-order chi connectivity index (χ1) is 9.02. The Morgan fingerprint density at radius 2 is 1.80 bits per heavy atom. The number of rotatable bonds is 3. The van der Waals surface area contributed by atoms with Crippen LogP contribution in [0.15, 0.2) is 0 Å². The molecule has 0 aliphatic heterocycles. The van der Waals surface area contributed by atoms with Crippen LogP contribution in [0.4, 0.5) is 13.6 Å². The average molecular weight is 291 g/mol. The van der Waals surface area contributed by atoms with Gasteiger partial charge in [0.25, 0.3) is 5.92 Å². The van der Waals surface area contributed by atoms with Gasteiger partial charge in [0.2, 0.25) is 0 Å². The van der Waals surface area contributed by atoms with Crippen LogP contribution in [0.1, 0.15) is 33.6 Å². The number of ether oxygens (including phenoxy) is 1. The Bertz CT molecular complexity index is 419. The Morgan fingerprint density at radius 1 is 1.30 bits per heavy atom. The van der Waals surface area contributed by atoms with E-state index in [1.54, 1.807) is 20.8 Å². The monoisotopic (exact) mass is 291 g/mol. The van der Waals surface area contributed by atoms with E-state index in [9.17, 15) is 18.4 Å². The smallest absolute Gasteiger partial charge is 0.408 e. The lowest BCUT2D eigenvalue weighted by atomic mass is 9.94. The zero-order valence-corrected chi connectivity index (χ0v) is 11.7. The highest BCUT2D eigenvalue weighted by atomic mass is 19.3. The number of nitrogens with one attached hydrogen (secondary N) is 1. The molecule has 0 aromatic rings. The molecular weight excluding hydrogens is 272 g/mol. The Labute approximate surface area is 115 Å². The summed E-state index contributed by atoms with van der Waals surface area (Å²) in [5.41, 5.74) is -0.738. The third-order valence-corrected chi connectivity index (χ3v) is 3.89. The quantitative estimate of drug-likeness (QED) is 0.836. The summed E-state index contributed by atoms with van der Waals surface area (Å²) in [4.78, 5) is 22.8. The van der Waals surface area contributed by atoms with Crippen molar-refractivity contribution >= 4 is 12.1 Å². The molecule has 1 amide bonds. The zero-order valence-electron chi connectivity index (χ0n) is 11.7. The van der Waals surface area contributed by atoms with Crippen molar-refractivity contribution in [2.24, 2.45) is 17.8 Å². The number of hydrogen-bond acceptors (Lipinski definition) is 3. The molecule has 2 saturated carbocycles. The van der Waals surface area contributed by atoms with Crippen molar-refractivity contribution in [2.45, 2.75) is 51.2 Å². The molecule has 1 unspecified atom stereocenters. The number of halogens is 2. The second-order valence-electron chi connectivity index (χ2n) is 6.58. The number of alkyl carbamates (subject to hydrolysis) is 1. The molecule has 0 spiro atoms. The highest BCUT2D eigenvalue weighted by molar-refractivity contribution is 5.80. The maximum atomic E-state index is 13.1. The fourth-order valence-electron chi connectivity index (χ4n) is 2.94. The Morgan fingerprint density at radius 3 is 2.20 bits per heavy atom. The van der Waals surface area contributed by atoms with Gasteiger partial charge in [0.1, 0.15) is 11.6 Å². The molecular formula is C13H19F2NO4. The third-order valence-electron chi connectivity index (χ3n) is 3.89. The van der Waals surface area contributed by atoms with Gasteiger partial charge in [-0.2, -0.15) is 0 Å². The largest absolute Gasteiger partial charge is 0.480 e. The van der Waals surface area contributed by atoms with E-state index in [1.165, 1.54) is 0 Å². The lowest BCUT2D eigenvalue weighted by molar-refractivity contribution is -0.141. The molecule has 0 heterocycles. The molecule has 7 heteroatoms. The third kappa shape index (κ3) is 2.86. The molecule has 0 bridgehead atoms. The van der Waals surface area contributed by atoms with Crippen LogP contribution in [0.5, 0.6) is 0 Å². The molecule has 2 N–H and O–H groups in total. The van der Waals surface area contributed by atoms with Crippen molar-refractivity contribution in [3.05, 3.63) is 0 Å². The van der Waals surface area contributed by atoms with Crippen molar-refractivity contribution in [1.82, 2.24) is 5.32 Å². The van der Waals surface area contributed by atoms with E-state index in [-0.39, 0.29) is 12.8 Å². The lowest BCUT2D eigenvalue weighted by Crippen LogP contribution is -2.47. The van der Waals surface area contributed by atoms with Gasteiger partial charge in [0, 0.05) is 11.8 Å². The topological polar surface area (TPSA) is 75.6 Å². The molecule has 4 atom stereocenters. The average Bonchev–Trinajstić information content (AvgIpc) is 2.63. The highest BCUT2D eigenvalue weighted by Crippen LogP contribution is 2.66. The molecule has 0 saturated heterocycles. The summed E-state index contributed by atoms with van der Waals surface area (Å²) in [6, 6.07) is -1.17. The van der Waals surface area contributed by atoms with Crippen molar-refractivity contribution in [2.75, 3.05) is 0 Å². The number of carbonyl (C=O) groups is 2. The van der Waals surface area contributed by atoms with Gasteiger partial charge in [0.15, 0.2) is 0 Å². The summed E-state index contributed by atoms with van der Waals surface area (Å²) in [6.07, 6.45) is -0.577. The molecule has 0 aromatic carbocycles. The van der Waals surface area contributed by atoms with Crippen LogP contribution in [0.25, 0.3) is 0 Å². The molecule has 2 rings (SSSR count). The van der Waals surface area contributed by atoms with Gasteiger partial charge in [-0.25, -0.2) is 18.4 Å². The molecule has 114 valence electrons. The summed E-state index contributed by atoms with van der Waals surface area (Å²) in [5, 5.41) is 11.4. The summed E-state index contributed by atoms with van der Waals surface area (Å²) in [7, 11) is 0. The minimum atomic E-state index is -2.65. The number of carbonyl (C=O) groups excluding carboxylic acids is 1. The molecule has 0 radical (unpaired) electrons. The fraction of sp³-hybridized carbons (Fsp3) is 0.846. The normalized spacial score (nSPS) is 32.1. The minimum Gasteiger partial charge on any atom is -0.480 e. The van der Waals surface area contributed by atoms with Gasteiger partial charge in [-0.05, 0) is 39.5 Å². The van der Waals surface area contributed by atoms with E-state index in [4.69, 9.17) is 9.84 Å².